The van der Waals surface area contributed by atoms with E-state index in [-0.39, 0.29) is 36.8 Å². The van der Waals surface area contributed by atoms with Gasteiger partial charge >= 0.3 is 0 Å². The molecule has 0 spiro atoms. The number of hydrogen-bond acceptors (Lipinski definition) is 4. The van der Waals surface area contributed by atoms with Crippen LogP contribution in [0, 0.1) is 5.92 Å². The summed E-state index contributed by atoms with van der Waals surface area (Å²) in [6.45, 7) is 6.51. The zero-order valence-electron chi connectivity index (χ0n) is 14.8. The molecule has 1 atom stereocenters. The quantitative estimate of drug-likeness (QED) is 0.617. The Morgan fingerprint density at radius 1 is 1.30 bits per heavy atom. The van der Waals surface area contributed by atoms with E-state index in [2.05, 4.69) is 29.6 Å². The summed E-state index contributed by atoms with van der Waals surface area (Å²) in [7, 11) is 4.11. The van der Waals surface area contributed by atoms with Gasteiger partial charge in [-0.25, -0.2) is 0 Å². The molecule has 7 heteroatoms. The lowest BCUT2D eigenvalue weighted by molar-refractivity contribution is -0.122. The number of hydrogen-bond donors (Lipinski definition) is 2. The Morgan fingerprint density at radius 3 is 2.52 bits per heavy atom. The molecule has 1 rings (SSSR count). The van der Waals surface area contributed by atoms with Crippen LogP contribution in [0.5, 0.6) is 0 Å². The van der Waals surface area contributed by atoms with Gasteiger partial charge in [-0.15, -0.1) is 24.8 Å². The molecule has 0 bridgehead atoms. The molecule has 0 aliphatic carbocycles. The number of rotatable bonds is 10. The van der Waals surface area contributed by atoms with Crippen LogP contribution in [-0.4, -0.2) is 63.8 Å². The second kappa shape index (κ2) is 15.5. The predicted octanol–water partition coefficient (Wildman–Crippen LogP) is 2.08. The first kappa shape index (κ1) is 25.2. The molecule has 0 saturated carbocycles. The highest BCUT2D eigenvalue weighted by Gasteiger charge is 2.15. The minimum Gasteiger partial charge on any atom is -0.377 e. The number of halogens is 2. The van der Waals surface area contributed by atoms with Gasteiger partial charge in [0.05, 0.1) is 6.10 Å². The van der Waals surface area contributed by atoms with E-state index >= 15 is 0 Å². The largest absolute Gasteiger partial charge is 0.377 e. The van der Waals surface area contributed by atoms with Gasteiger partial charge in [0.2, 0.25) is 5.91 Å². The van der Waals surface area contributed by atoms with Crippen molar-refractivity contribution >= 4 is 30.7 Å². The van der Waals surface area contributed by atoms with E-state index in [9.17, 15) is 4.79 Å². The van der Waals surface area contributed by atoms with Crippen molar-refractivity contribution in [1.29, 1.82) is 0 Å². The summed E-state index contributed by atoms with van der Waals surface area (Å²) in [4.78, 5) is 14.1. The van der Waals surface area contributed by atoms with Gasteiger partial charge in [-0.3, -0.25) is 4.79 Å². The fraction of sp³-hybridized carbons (Fsp3) is 0.938. The molecule has 2 N–H and O–H groups in total. The predicted molar refractivity (Wildman–Crippen MR) is 101 cm³/mol. The second-order valence-corrected chi connectivity index (χ2v) is 6.21. The van der Waals surface area contributed by atoms with E-state index in [0.717, 1.165) is 32.5 Å². The molecule has 1 saturated heterocycles. The van der Waals surface area contributed by atoms with Gasteiger partial charge in [-0.1, -0.05) is 0 Å². The smallest absolute Gasteiger partial charge is 0.220 e. The van der Waals surface area contributed by atoms with E-state index in [0.29, 0.717) is 25.5 Å². The Labute approximate surface area is 154 Å². The Bertz CT molecular complexity index is 288. The lowest BCUT2D eigenvalue weighted by atomic mass is 9.93. The standard InChI is InChI=1S/C16H33N3O2.2ClH/c1-4-21-15(9-12-19(2)3)13-18-16(20)6-5-14-7-10-17-11-8-14;;/h14-15,17H,4-13H2,1-3H3,(H,18,20);2*1H. The Hall–Kier alpha value is -0.0700. The molecule has 140 valence electrons. The summed E-state index contributed by atoms with van der Waals surface area (Å²) < 4.78 is 5.69. The molecule has 1 aliphatic heterocycles. The molecule has 0 aromatic heterocycles. The van der Waals surface area contributed by atoms with E-state index in [1.165, 1.54) is 12.8 Å². The maximum atomic E-state index is 11.9. The molecular formula is C16H35Cl2N3O2. The first-order valence-electron chi connectivity index (χ1n) is 8.35. The van der Waals surface area contributed by atoms with Gasteiger partial charge < -0.3 is 20.3 Å². The average molecular weight is 372 g/mol. The molecule has 1 heterocycles. The van der Waals surface area contributed by atoms with Gasteiger partial charge in [0.15, 0.2) is 0 Å². The number of piperidine rings is 1. The molecule has 1 aliphatic rings. The summed E-state index contributed by atoms with van der Waals surface area (Å²) in [5, 5.41) is 6.39. The molecule has 0 radical (unpaired) electrons. The van der Waals surface area contributed by atoms with Crippen LogP contribution >= 0.6 is 24.8 Å². The van der Waals surface area contributed by atoms with Crippen molar-refractivity contribution in [2.24, 2.45) is 5.92 Å². The third-order valence-electron chi connectivity index (χ3n) is 4.07. The van der Waals surface area contributed by atoms with E-state index in [1.54, 1.807) is 0 Å². The zero-order valence-corrected chi connectivity index (χ0v) is 16.4. The second-order valence-electron chi connectivity index (χ2n) is 6.21. The number of amides is 1. The SMILES string of the molecule is CCOC(CCN(C)C)CNC(=O)CCC1CCNCC1.Cl.Cl. The van der Waals surface area contributed by atoms with Crippen LogP contribution in [-0.2, 0) is 9.53 Å². The van der Waals surface area contributed by atoms with Crippen LogP contribution in [0.2, 0.25) is 0 Å². The van der Waals surface area contributed by atoms with Gasteiger partial charge in [-0.05, 0) is 65.7 Å². The van der Waals surface area contributed by atoms with Crippen LogP contribution in [0.3, 0.4) is 0 Å². The minimum atomic E-state index is 0. The molecule has 1 unspecified atom stereocenters. The van der Waals surface area contributed by atoms with Crippen molar-refractivity contribution in [2.45, 2.75) is 45.1 Å². The zero-order chi connectivity index (χ0) is 15.5. The summed E-state index contributed by atoms with van der Waals surface area (Å²) in [6.07, 6.45) is 5.16. The maximum Gasteiger partial charge on any atom is 0.220 e. The molecule has 0 aromatic rings. The lowest BCUT2D eigenvalue weighted by Crippen LogP contribution is -2.36. The topological polar surface area (TPSA) is 53.6 Å². The van der Waals surface area contributed by atoms with Gasteiger partial charge in [0, 0.05) is 26.1 Å². The number of carbonyl (C=O) groups excluding carboxylic acids is 1. The average Bonchev–Trinajstić information content (AvgIpc) is 2.49. The van der Waals surface area contributed by atoms with Crippen molar-refractivity contribution in [1.82, 2.24) is 15.5 Å². The summed E-state index contributed by atoms with van der Waals surface area (Å²) in [5.41, 5.74) is 0. The fourth-order valence-corrected chi connectivity index (χ4v) is 2.70. The van der Waals surface area contributed by atoms with E-state index in [4.69, 9.17) is 4.74 Å². The van der Waals surface area contributed by atoms with Crippen molar-refractivity contribution in [3.05, 3.63) is 0 Å². The van der Waals surface area contributed by atoms with Gasteiger partial charge in [0.25, 0.3) is 0 Å². The first-order valence-corrected chi connectivity index (χ1v) is 8.35. The van der Waals surface area contributed by atoms with Crippen LogP contribution in [0.25, 0.3) is 0 Å². The van der Waals surface area contributed by atoms with E-state index in [1.807, 2.05) is 6.92 Å². The lowest BCUT2D eigenvalue weighted by Gasteiger charge is -2.23. The van der Waals surface area contributed by atoms with Crippen molar-refractivity contribution in [3.8, 4) is 0 Å². The Kier molecular flexibility index (Phi) is 16.9. The highest BCUT2D eigenvalue weighted by Crippen LogP contribution is 2.17. The van der Waals surface area contributed by atoms with Crippen LogP contribution in [0.1, 0.15) is 39.0 Å². The Balaban J connectivity index is 0. The highest BCUT2D eigenvalue weighted by atomic mass is 35.5. The molecular weight excluding hydrogens is 337 g/mol. The number of carbonyl (C=O) groups is 1. The molecule has 1 fully saturated rings. The van der Waals surface area contributed by atoms with Gasteiger partial charge in [-0.2, -0.15) is 0 Å². The van der Waals surface area contributed by atoms with Crippen LogP contribution in [0.15, 0.2) is 0 Å². The molecule has 0 aromatic carbocycles. The van der Waals surface area contributed by atoms with Gasteiger partial charge in [0.1, 0.15) is 0 Å². The number of ether oxygens (including phenoxy) is 1. The highest BCUT2D eigenvalue weighted by molar-refractivity contribution is 5.85. The third-order valence-corrected chi connectivity index (χ3v) is 4.07. The fourth-order valence-electron chi connectivity index (χ4n) is 2.70. The normalized spacial score (nSPS) is 16.3. The molecule has 23 heavy (non-hydrogen) atoms. The van der Waals surface area contributed by atoms with Crippen LogP contribution < -0.4 is 10.6 Å². The third kappa shape index (κ3) is 13.0. The minimum absolute atomic E-state index is 0. The summed E-state index contributed by atoms with van der Waals surface area (Å²) >= 11 is 0. The monoisotopic (exact) mass is 371 g/mol. The van der Waals surface area contributed by atoms with E-state index < -0.39 is 0 Å². The first-order chi connectivity index (χ1) is 10.1. The van der Waals surface area contributed by atoms with Crippen molar-refractivity contribution < 1.29 is 9.53 Å². The van der Waals surface area contributed by atoms with Crippen molar-refractivity contribution in [3.63, 3.8) is 0 Å². The molecule has 1 amide bonds. The number of nitrogens with zero attached hydrogens (tertiary/aromatic N) is 1. The molecule has 5 nitrogen and oxygen atoms in total. The summed E-state index contributed by atoms with van der Waals surface area (Å²) in [5.74, 6) is 0.886. The number of nitrogens with one attached hydrogen (secondary N) is 2. The maximum absolute atomic E-state index is 11.9. The Morgan fingerprint density at radius 2 is 1.96 bits per heavy atom. The summed E-state index contributed by atoms with van der Waals surface area (Å²) in [6, 6.07) is 0. The van der Waals surface area contributed by atoms with Crippen molar-refractivity contribution in [2.75, 3.05) is 46.9 Å². The van der Waals surface area contributed by atoms with Crippen LogP contribution in [0.4, 0.5) is 0 Å².